The van der Waals surface area contributed by atoms with Crippen molar-refractivity contribution in [3.8, 4) is 0 Å². The van der Waals surface area contributed by atoms with Crippen LogP contribution in [0.4, 0.5) is 8.78 Å². The minimum absolute atomic E-state index is 0.150. The Kier molecular flexibility index (Phi) is 7.10. The lowest BCUT2D eigenvalue weighted by molar-refractivity contribution is 0.219. The van der Waals surface area contributed by atoms with E-state index in [0.29, 0.717) is 11.6 Å². The van der Waals surface area contributed by atoms with Crippen molar-refractivity contribution in [1.82, 2.24) is 10.2 Å². The number of halogens is 2. The van der Waals surface area contributed by atoms with Crippen molar-refractivity contribution < 1.29 is 8.78 Å². The van der Waals surface area contributed by atoms with Gasteiger partial charge in [-0.25, -0.2) is 8.78 Å². The van der Waals surface area contributed by atoms with Crippen LogP contribution in [-0.4, -0.2) is 30.6 Å². The molecule has 0 radical (unpaired) electrons. The van der Waals surface area contributed by atoms with Crippen LogP contribution < -0.4 is 5.32 Å². The van der Waals surface area contributed by atoms with Gasteiger partial charge in [0.2, 0.25) is 0 Å². The van der Waals surface area contributed by atoms with Crippen LogP contribution in [0.2, 0.25) is 0 Å². The van der Waals surface area contributed by atoms with Gasteiger partial charge in [0.05, 0.1) is 0 Å². The second kappa shape index (κ2) is 8.32. The van der Waals surface area contributed by atoms with Crippen LogP contribution in [0.15, 0.2) is 18.2 Å². The molecule has 20 heavy (non-hydrogen) atoms. The highest BCUT2D eigenvalue weighted by atomic mass is 19.2. The van der Waals surface area contributed by atoms with Gasteiger partial charge in [0.1, 0.15) is 0 Å². The zero-order valence-electron chi connectivity index (χ0n) is 12.9. The van der Waals surface area contributed by atoms with E-state index in [9.17, 15) is 8.78 Å². The van der Waals surface area contributed by atoms with E-state index in [1.807, 2.05) is 6.92 Å². The van der Waals surface area contributed by atoms with Gasteiger partial charge in [-0.2, -0.15) is 0 Å². The fourth-order valence-corrected chi connectivity index (χ4v) is 2.48. The Balaban J connectivity index is 2.81. The van der Waals surface area contributed by atoms with Crippen LogP contribution in [0.1, 0.15) is 45.7 Å². The van der Waals surface area contributed by atoms with Gasteiger partial charge in [0.25, 0.3) is 0 Å². The van der Waals surface area contributed by atoms with E-state index < -0.39 is 11.6 Å². The van der Waals surface area contributed by atoms with E-state index in [0.717, 1.165) is 32.1 Å². The first-order valence-electron chi connectivity index (χ1n) is 7.42. The first-order valence-corrected chi connectivity index (χ1v) is 7.42. The average Bonchev–Trinajstić information content (AvgIpc) is 2.41. The topological polar surface area (TPSA) is 15.3 Å². The molecule has 0 saturated heterocycles. The molecule has 1 aromatic rings. The molecule has 1 atom stereocenters. The Morgan fingerprint density at radius 1 is 1.20 bits per heavy atom. The van der Waals surface area contributed by atoms with E-state index in [1.54, 1.807) is 12.1 Å². The molecular formula is C16H26F2N2. The molecule has 114 valence electrons. The molecule has 2 nitrogen and oxygen atoms in total. The summed E-state index contributed by atoms with van der Waals surface area (Å²) in [6.45, 7) is 10.9. The summed E-state index contributed by atoms with van der Waals surface area (Å²) < 4.78 is 27.3. The highest BCUT2D eigenvalue weighted by molar-refractivity contribution is 5.22. The summed E-state index contributed by atoms with van der Waals surface area (Å²) in [6.07, 6.45) is 0.764. The van der Waals surface area contributed by atoms with Gasteiger partial charge in [0, 0.05) is 24.2 Å². The number of nitrogens with one attached hydrogen (secondary N) is 1. The minimum Gasteiger partial charge on any atom is -0.310 e. The number of rotatable bonds is 8. The minimum atomic E-state index is -0.776. The maximum absolute atomic E-state index is 13.9. The Bertz CT molecular complexity index is 407. The molecule has 1 aromatic carbocycles. The zero-order valence-corrected chi connectivity index (χ0v) is 12.9. The van der Waals surface area contributed by atoms with Gasteiger partial charge in [-0.05, 0) is 39.4 Å². The summed E-state index contributed by atoms with van der Waals surface area (Å²) in [5, 5.41) is 3.25. The van der Waals surface area contributed by atoms with Gasteiger partial charge in [-0.1, -0.05) is 26.0 Å². The molecule has 0 fully saturated rings. The van der Waals surface area contributed by atoms with Gasteiger partial charge in [0.15, 0.2) is 11.6 Å². The number of hydrogen-bond donors (Lipinski definition) is 1. The molecule has 1 rings (SSSR count). The zero-order chi connectivity index (χ0) is 15.1. The molecule has 1 N–H and O–H groups in total. The Morgan fingerprint density at radius 3 is 2.45 bits per heavy atom. The molecule has 0 aliphatic carbocycles. The molecule has 4 heteroatoms. The molecule has 0 aliphatic rings. The first-order chi connectivity index (χ1) is 9.51. The van der Waals surface area contributed by atoms with E-state index in [1.165, 1.54) is 0 Å². The summed E-state index contributed by atoms with van der Waals surface area (Å²) in [5.74, 6) is -1.51. The third kappa shape index (κ3) is 4.53. The van der Waals surface area contributed by atoms with E-state index >= 15 is 0 Å². The van der Waals surface area contributed by atoms with Crippen molar-refractivity contribution in [1.29, 1.82) is 0 Å². The molecule has 0 heterocycles. The molecule has 0 amide bonds. The van der Waals surface area contributed by atoms with Crippen molar-refractivity contribution >= 4 is 0 Å². The van der Waals surface area contributed by atoms with Gasteiger partial charge in [-0.15, -0.1) is 0 Å². The van der Waals surface area contributed by atoms with Gasteiger partial charge >= 0.3 is 0 Å². The molecular weight excluding hydrogens is 258 g/mol. The third-order valence-corrected chi connectivity index (χ3v) is 3.65. The van der Waals surface area contributed by atoms with Crippen LogP contribution in [0.3, 0.4) is 0 Å². The third-order valence-electron chi connectivity index (χ3n) is 3.65. The second-order valence-corrected chi connectivity index (χ2v) is 5.26. The van der Waals surface area contributed by atoms with E-state index in [4.69, 9.17) is 0 Å². The lowest BCUT2D eigenvalue weighted by atomic mass is 10.0. The van der Waals surface area contributed by atoms with Gasteiger partial charge in [-0.3, -0.25) is 0 Å². The SMILES string of the molecule is CCNC(CCN(CC)C(C)C)c1cccc(F)c1F. The second-order valence-electron chi connectivity index (χ2n) is 5.26. The van der Waals surface area contributed by atoms with Crippen molar-refractivity contribution in [2.45, 2.75) is 46.2 Å². The van der Waals surface area contributed by atoms with Crippen LogP contribution in [0, 0.1) is 11.6 Å². The largest absolute Gasteiger partial charge is 0.310 e. The van der Waals surface area contributed by atoms with Crippen molar-refractivity contribution in [3.05, 3.63) is 35.4 Å². The summed E-state index contributed by atoms with van der Waals surface area (Å²) in [5.41, 5.74) is 0.423. The molecule has 0 aliphatic heterocycles. The number of benzene rings is 1. The molecule has 0 spiro atoms. The molecule has 0 saturated carbocycles. The van der Waals surface area contributed by atoms with E-state index in [-0.39, 0.29) is 6.04 Å². The lowest BCUT2D eigenvalue weighted by Crippen LogP contribution is -2.34. The molecule has 0 bridgehead atoms. The monoisotopic (exact) mass is 284 g/mol. The van der Waals surface area contributed by atoms with Crippen molar-refractivity contribution in [2.75, 3.05) is 19.6 Å². The quantitative estimate of drug-likeness (QED) is 0.782. The molecule has 1 unspecified atom stereocenters. The van der Waals surface area contributed by atoms with Crippen molar-refractivity contribution in [3.63, 3.8) is 0 Å². The number of nitrogens with zero attached hydrogens (tertiary/aromatic N) is 1. The lowest BCUT2D eigenvalue weighted by Gasteiger charge is -2.27. The highest BCUT2D eigenvalue weighted by Gasteiger charge is 2.18. The predicted molar refractivity (Wildman–Crippen MR) is 79.8 cm³/mol. The summed E-state index contributed by atoms with van der Waals surface area (Å²) in [6, 6.07) is 4.70. The summed E-state index contributed by atoms with van der Waals surface area (Å²) in [7, 11) is 0. The average molecular weight is 284 g/mol. The Hall–Kier alpha value is -1.00. The van der Waals surface area contributed by atoms with Gasteiger partial charge < -0.3 is 10.2 Å². The van der Waals surface area contributed by atoms with E-state index in [2.05, 4.69) is 31.0 Å². The fourth-order valence-electron chi connectivity index (χ4n) is 2.48. The fraction of sp³-hybridized carbons (Fsp3) is 0.625. The van der Waals surface area contributed by atoms with Crippen LogP contribution in [0.5, 0.6) is 0 Å². The summed E-state index contributed by atoms with van der Waals surface area (Å²) >= 11 is 0. The molecule has 0 aromatic heterocycles. The maximum Gasteiger partial charge on any atom is 0.163 e. The normalized spacial score (nSPS) is 13.2. The van der Waals surface area contributed by atoms with Crippen LogP contribution in [-0.2, 0) is 0 Å². The predicted octanol–water partition coefficient (Wildman–Crippen LogP) is 3.74. The van der Waals surface area contributed by atoms with Crippen molar-refractivity contribution in [2.24, 2.45) is 0 Å². The first kappa shape index (κ1) is 17.1. The summed E-state index contributed by atoms with van der Waals surface area (Å²) in [4.78, 5) is 2.32. The number of hydrogen-bond acceptors (Lipinski definition) is 2. The maximum atomic E-state index is 13.9. The highest BCUT2D eigenvalue weighted by Crippen LogP contribution is 2.22. The standard InChI is InChI=1S/C16H26F2N2/c1-5-19-15(10-11-20(6-2)12(3)4)13-8-7-9-14(17)16(13)18/h7-9,12,15,19H,5-6,10-11H2,1-4H3. The Labute approximate surface area is 121 Å². The smallest absolute Gasteiger partial charge is 0.163 e. The van der Waals surface area contributed by atoms with Crippen LogP contribution >= 0.6 is 0 Å². The van der Waals surface area contributed by atoms with Crippen LogP contribution in [0.25, 0.3) is 0 Å². The Morgan fingerprint density at radius 2 is 1.90 bits per heavy atom.